The standard InChI is InChI=1S/C11H23N3/c1-13-7-5-10(9-13)12-8-11-4-3-6-14(11)2/h10-12H,3-9H2,1-2H3. The Morgan fingerprint density at radius 1 is 1.21 bits per heavy atom. The summed E-state index contributed by atoms with van der Waals surface area (Å²) in [5.74, 6) is 0. The second-order valence-electron chi connectivity index (χ2n) is 4.93. The zero-order chi connectivity index (χ0) is 9.97. The van der Waals surface area contributed by atoms with Crippen LogP contribution in [0.15, 0.2) is 0 Å². The summed E-state index contributed by atoms with van der Waals surface area (Å²) >= 11 is 0. The Labute approximate surface area is 87.4 Å². The average molecular weight is 197 g/mol. The highest BCUT2D eigenvalue weighted by molar-refractivity contribution is 4.83. The largest absolute Gasteiger partial charge is 0.311 e. The molecule has 2 saturated heterocycles. The van der Waals surface area contributed by atoms with Crippen LogP contribution in [0.2, 0.25) is 0 Å². The highest BCUT2D eigenvalue weighted by Gasteiger charge is 2.23. The highest BCUT2D eigenvalue weighted by atomic mass is 15.2. The van der Waals surface area contributed by atoms with Gasteiger partial charge in [-0.25, -0.2) is 0 Å². The summed E-state index contributed by atoms with van der Waals surface area (Å²) in [6.07, 6.45) is 4.09. The van der Waals surface area contributed by atoms with Crippen LogP contribution in [0.4, 0.5) is 0 Å². The molecule has 0 amide bonds. The van der Waals surface area contributed by atoms with E-state index in [1.54, 1.807) is 0 Å². The SMILES string of the molecule is CN1CCC(NCC2CCCN2C)C1. The minimum Gasteiger partial charge on any atom is -0.311 e. The van der Waals surface area contributed by atoms with E-state index < -0.39 is 0 Å². The van der Waals surface area contributed by atoms with E-state index >= 15 is 0 Å². The summed E-state index contributed by atoms with van der Waals surface area (Å²) in [5.41, 5.74) is 0. The van der Waals surface area contributed by atoms with Gasteiger partial charge in [0.05, 0.1) is 0 Å². The van der Waals surface area contributed by atoms with Gasteiger partial charge in [-0.15, -0.1) is 0 Å². The van der Waals surface area contributed by atoms with E-state index in [0.717, 1.165) is 12.1 Å². The Balaban J connectivity index is 1.67. The molecule has 0 saturated carbocycles. The molecular weight excluding hydrogens is 174 g/mol. The number of hydrogen-bond donors (Lipinski definition) is 1. The van der Waals surface area contributed by atoms with E-state index in [1.807, 2.05) is 0 Å². The molecule has 3 nitrogen and oxygen atoms in total. The van der Waals surface area contributed by atoms with Crippen molar-refractivity contribution in [3.8, 4) is 0 Å². The summed E-state index contributed by atoms with van der Waals surface area (Å²) in [6, 6.07) is 1.54. The van der Waals surface area contributed by atoms with Gasteiger partial charge in [0.25, 0.3) is 0 Å². The van der Waals surface area contributed by atoms with Crippen molar-refractivity contribution in [3.05, 3.63) is 0 Å². The Hall–Kier alpha value is -0.120. The Bertz CT molecular complexity index is 183. The van der Waals surface area contributed by atoms with Gasteiger partial charge in [0.1, 0.15) is 0 Å². The fourth-order valence-corrected chi connectivity index (χ4v) is 2.64. The lowest BCUT2D eigenvalue weighted by atomic mass is 10.2. The van der Waals surface area contributed by atoms with E-state index in [9.17, 15) is 0 Å². The average Bonchev–Trinajstić information content (AvgIpc) is 2.72. The number of rotatable bonds is 3. The van der Waals surface area contributed by atoms with Crippen LogP contribution in [0, 0.1) is 0 Å². The van der Waals surface area contributed by atoms with Crippen LogP contribution in [-0.4, -0.2) is 62.2 Å². The monoisotopic (exact) mass is 197 g/mol. The number of likely N-dealkylation sites (N-methyl/N-ethyl adjacent to an activating group) is 2. The summed E-state index contributed by atoms with van der Waals surface area (Å²) < 4.78 is 0. The molecule has 2 heterocycles. The van der Waals surface area contributed by atoms with Crippen LogP contribution in [0.25, 0.3) is 0 Å². The molecule has 1 N–H and O–H groups in total. The molecule has 0 aromatic carbocycles. The van der Waals surface area contributed by atoms with Gasteiger partial charge in [-0.1, -0.05) is 0 Å². The first-order chi connectivity index (χ1) is 6.75. The number of nitrogens with one attached hydrogen (secondary N) is 1. The number of nitrogens with zero attached hydrogens (tertiary/aromatic N) is 2. The molecular formula is C11H23N3. The highest BCUT2D eigenvalue weighted by Crippen LogP contribution is 2.14. The van der Waals surface area contributed by atoms with Gasteiger partial charge in [0.15, 0.2) is 0 Å². The van der Waals surface area contributed by atoms with Crippen molar-refractivity contribution >= 4 is 0 Å². The zero-order valence-electron chi connectivity index (χ0n) is 9.50. The van der Waals surface area contributed by atoms with Crippen LogP contribution in [0.3, 0.4) is 0 Å². The third kappa shape index (κ3) is 2.47. The van der Waals surface area contributed by atoms with E-state index in [2.05, 4.69) is 29.2 Å². The normalized spacial score (nSPS) is 35.6. The van der Waals surface area contributed by atoms with E-state index in [0.29, 0.717) is 0 Å². The molecule has 0 aromatic rings. The van der Waals surface area contributed by atoms with Crippen LogP contribution < -0.4 is 5.32 Å². The molecule has 2 aliphatic rings. The first kappa shape index (κ1) is 10.4. The maximum Gasteiger partial charge on any atom is 0.0218 e. The van der Waals surface area contributed by atoms with Gasteiger partial charge in [-0.05, 0) is 46.4 Å². The summed E-state index contributed by atoms with van der Waals surface area (Å²) in [4.78, 5) is 4.90. The Kier molecular flexibility index (Phi) is 3.42. The maximum absolute atomic E-state index is 3.70. The smallest absolute Gasteiger partial charge is 0.0218 e. The van der Waals surface area contributed by atoms with E-state index in [-0.39, 0.29) is 0 Å². The van der Waals surface area contributed by atoms with Gasteiger partial charge >= 0.3 is 0 Å². The van der Waals surface area contributed by atoms with Crippen LogP contribution in [0.5, 0.6) is 0 Å². The summed E-state index contributed by atoms with van der Waals surface area (Å²) in [6.45, 7) is 4.97. The van der Waals surface area contributed by atoms with Crippen molar-refractivity contribution in [1.82, 2.24) is 15.1 Å². The first-order valence-corrected chi connectivity index (χ1v) is 5.88. The zero-order valence-corrected chi connectivity index (χ0v) is 9.50. The third-order valence-electron chi connectivity index (χ3n) is 3.71. The topological polar surface area (TPSA) is 18.5 Å². The van der Waals surface area contributed by atoms with Gasteiger partial charge in [0.2, 0.25) is 0 Å². The minimum atomic E-state index is 0.744. The lowest BCUT2D eigenvalue weighted by Crippen LogP contribution is -2.41. The van der Waals surface area contributed by atoms with Crippen molar-refractivity contribution in [2.75, 3.05) is 40.3 Å². The van der Waals surface area contributed by atoms with Crippen molar-refractivity contribution in [2.24, 2.45) is 0 Å². The van der Waals surface area contributed by atoms with Gasteiger partial charge in [-0.2, -0.15) is 0 Å². The van der Waals surface area contributed by atoms with Gasteiger partial charge < -0.3 is 15.1 Å². The van der Waals surface area contributed by atoms with Crippen molar-refractivity contribution < 1.29 is 0 Å². The van der Waals surface area contributed by atoms with Crippen molar-refractivity contribution in [2.45, 2.75) is 31.3 Å². The molecule has 0 aliphatic carbocycles. The second kappa shape index (κ2) is 4.60. The van der Waals surface area contributed by atoms with Gasteiger partial charge in [0, 0.05) is 25.2 Å². The first-order valence-electron chi connectivity index (χ1n) is 5.88. The second-order valence-corrected chi connectivity index (χ2v) is 4.93. The molecule has 82 valence electrons. The number of likely N-dealkylation sites (tertiary alicyclic amines) is 2. The third-order valence-corrected chi connectivity index (χ3v) is 3.71. The molecule has 2 atom stereocenters. The molecule has 0 radical (unpaired) electrons. The lowest BCUT2D eigenvalue weighted by Gasteiger charge is -2.22. The van der Waals surface area contributed by atoms with E-state index in [4.69, 9.17) is 0 Å². The molecule has 2 aliphatic heterocycles. The summed E-state index contributed by atoms with van der Waals surface area (Å²) in [5, 5.41) is 3.70. The minimum absolute atomic E-state index is 0.744. The molecule has 2 fully saturated rings. The quantitative estimate of drug-likeness (QED) is 0.705. The molecule has 0 bridgehead atoms. The molecule has 2 rings (SSSR count). The molecule has 14 heavy (non-hydrogen) atoms. The Morgan fingerprint density at radius 2 is 2.07 bits per heavy atom. The summed E-state index contributed by atoms with van der Waals surface area (Å²) in [7, 11) is 4.46. The molecule has 3 heteroatoms. The van der Waals surface area contributed by atoms with E-state index in [1.165, 1.54) is 45.4 Å². The van der Waals surface area contributed by atoms with Crippen LogP contribution in [-0.2, 0) is 0 Å². The molecule has 0 aromatic heterocycles. The van der Waals surface area contributed by atoms with Crippen molar-refractivity contribution in [1.29, 1.82) is 0 Å². The molecule has 0 spiro atoms. The molecule has 2 unspecified atom stereocenters. The lowest BCUT2D eigenvalue weighted by molar-refractivity contribution is 0.290. The predicted molar refractivity (Wildman–Crippen MR) is 59.6 cm³/mol. The van der Waals surface area contributed by atoms with Crippen molar-refractivity contribution in [3.63, 3.8) is 0 Å². The van der Waals surface area contributed by atoms with Gasteiger partial charge in [-0.3, -0.25) is 0 Å². The number of hydrogen-bond acceptors (Lipinski definition) is 3. The maximum atomic E-state index is 3.70. The Morgan fingerprint density at radius 3 is 2.64 bits per heavy atom. The van der Waals surface area contributed by atoms with Crippen LogP contribution >= 0.6 is 0 Å². The fourth-order valence-electron chi connectivity index (χ4n) is 2.64. The fraction of sp³-hybridized carbons (Fsp3) is 1.00. The predicted octanol–water partition coefficient (Wildman–Crippen LogP) is 0.374. The van der Waals surface area contributed by atoms with Crippen LogP contribution in [0.1, 0.15) is 19.3 Å².